The van der Waals surface area contributed by atoms with E-state index >= 15 is 0 Å². The van der Waals surface area contributed by atoms with Crippen molar-refractivity contribution < 1.29 is 4.79 Å². The number of carbonyl (C=O) groups is 1. The molecule has 1 saturated carbocycles. The van der Waals surface area contributed by atoms with E-state index in [4.69, 9.17) is 5.73 Å². The first-order valence-corrected chi connectivity index (χ1v) is 7.79. The number of nitrogens with two attached hydrogens (primary N) is 1. The van der Waals surface area contributed by atoms with Crippen LogP contribution in [0.4, 0.5) is 0 Å². The zero-order valence-electron chi connectivity index (χ0n) is 12.7. The molecule has 0 aromatic heterocycles. The SMILES string of the molecule is CN(CCCN)C(=O)CCN(C)C1CCCCCC1. The van der Waals surface area contributed by atoms with E-state index in [2.05, 4.69) is 11.9 Å². The van der Waals surface area contributed by atoms with Crippen LogP contribution in [0.1, 0.15) is 51.4 Å². The Morgan fingerprint density at radius 3 is 2.32 bits per heavy atom. The molecule has 0 saturated heterocycles. The molecule has 0 unspecified atom stereocenters. The minimum atomic E-state index is 0.244. The van der Waals surface area contributed by atoms with Crippen LogP contribution in [0.25, 0.3) is 0 Å². The van der Waals surface area contributed by atoms with E-state index < -0.39 is 0 Å². The van der Waals surface area contributed by atoms with Crippen LogP contribution >= 0.6 is 0 Å². The Kier molecular flexibility index (Phi) is 8.07. The van der Waals surface area contributed by atoms with Gasteiger partial charge in [0.25, 0.3) is 0 Å². The van der Waals surface area contributed by atoms with Crippen LogP contribution in [0.5, 0.6) is 0 Å². The molecule has 0 aromatic carbocycles. The monoisotopic (exact) mass is 269 g/mol. The van der Waals surface area contributed by atoms with E-state index in [0.29, 0.717) is 19.0 Å². The highest BCUT2D eigenvalue weighted by atomic mass is 16.2. The average molecular weight is 269 g/mol. The van der Waals surface area contributed by atoms with E-state index in [-0.39, 0.29) is 5.91 Å². The van der Waals surface area contributed by atoms with E-state index in [1.165, 1.54) is 38.5 Å². The topological polar surface area (TPSA) is 49.6 Å². The molecule has 0 heterocycles. The number of amides is 1. The maximum absolute atomic E-state index is 12.0. The zero-order chi connectivity index (χ0) is 14.1. The molecule has 0 atom stereocenters. The highest BCUT2D eigenvalue weighted by Gasteiger charge is 2.18. The van der Waals surface area contributed by atoms with Gasteiger partial charge in [-0.2, -0.15) is 0 Å². The van der Waals surface area contributed by atoms with Gasteiger partial charge in [-0.3, -0.25) is 4.79 Å². The van der Waals surface area contributed by atoms with Crippen LogP contribution in [0.2, 0.25) is 0 Å². The van der Waals surface area contributed by atoms with Crippen LogP contribution in [0.15, 0.2) is 0 Å². The standard InChI is InChI=1S/C15H31N3O/c1-17(14-8-5-3-4-6-9-14)13-10-15(19)18(2)12-7-11-16/h14H,3-13,16H2,1-2H3. The summed E-state index contributed by atoms with van der Waals surface area (Å²) in [4.78, 5) is 16.2. The molecule has 2 N–H and O–H groups in total. The Morgan fingerprint density at radius 1 is 1.11 bits per heavy atom. The van der Waals surface area contributed by atoms with Crippen molar-refractivity contribution in [3.05, 3.63) is 0 Å². The molecule has 1 aliphatic carbocycles. The first-order valence-electron chi connectivity index (χ1n) is 7.79. The fourth-order valence-electron chi connectivity index (χ4n) is 2.80. The van der Waals surface area contributed by atoms with Gasteiger partial charge in [0.2, 0.25) is 5.91 Å². The van der Waals surface area contributed by atoms with Crippen molar-refractivity contribution in [3.63, 3.8) is 0 Å². The van der Waals surface area contributed by atoms with Crippen LogP contribution in [0.3, 0.4) is 0 Å². The highest BCUT2D eigenvalue weighted by molar-refractivity contribution is 5.76. The molecule has 1 rings (SSSR count). The summed E-state index contributed by atoms with van der Waals surface area (Å²) in [6.45, 7) is 2.32. The summed E-state index contributed by atoms with van der Waals surface area (Å²) in [5, 5.41) is 0. The molecule has 19 heavy (non-hydrogen) atoms. The molecule has 1 fully saturated rings. The zero-order valence-corrected chi connectivity index (χ0v) is 12.7. The van der Waals surface area contributed by atoms with Gasteiger partial charge in [0.1, 0.15) is 0 Å². The molecule has 1 aliphatic rings. The van der Waals surface area contributed by atoms with E-state index in [9.17, 15) is 4.79 Å². The van der Waals surface area contributed by atoms with Crippen molar-refractivity contribution in [2.75, 3.05) is 33.7 Å². The average Bonchev–Trinajstić information content (AvgIpc) is 2.70. The van der Waals surface area contributed by atoms with Gasteiger partial charge in [0, 0.05) is 32.6 Å². The fraction of sp³-hybridized carbons (Fsp3) is 0.933. The second-order valence-corrected chi connectivity index (χ2v) is 5.83. The summed E-state index contributed by atoms with van der Waals surface area (Å²) in [6.07, 6.45) is 9.57. The van der Waals surface area contributed by atoms with Gasteiger partial charge in [-0.1, -0.05) is 25.7 Å². The quantitative estimate of drug-likeness (QED) is 0.718. The normalized spacial score (nSPS) is 17.5. The number of hydrogen-bond acceptors (Lipinski definition) is 3. The number of carbonyl (C=O) groups excluding carboxylic acids is 1. The minimum Gasteiger partial charge on any atom is -0.346 e. The molecule has 0 aromatic rings. The smallest absolute Gasteiger partial charge is 0.223 e. The lowest BCUT2D eigenvalue weighted by Crippen LogP contribution is -2.36. The summed E-state index contributed by atoms with van der Waals surface area (Å²) in [5.74, 6) is 0.244. The van der Waals surface area contributed by atoms with Crippen molar-refractivity contribution in [2.24, 2.45) is 5.73 Å². The summed E-state index contributed by atoms with van der Waals surface area (Å²) in [7, 11) is 4.05. The molecular weight excluding hydrogens is 238 g/mol. The lowest BCUT2D eigenvalue weighted by atomic mass is 10.1. The van der Waals surface area contributed by atoms with Crippen molar-refractivity contribution >= 4 is 5.91 Å². The summed E-state index contributed by atoms with van der Waals surface area (Å²) >= 11 is 0. The molecule has 0 bridgehead atoms. The third-order valence-electron chi connectivity index (χ3n) is 4.25. The van der Waals surface area contributed by atoms with Crippen molar-refractivity contribution in [1.82, 2.24) is 9.80 Å². The van der Waals surface area contributed by atoms with Gasteiger partial charge in [0.15, 0.2) is 0 Å². The third kappa shape index (κ3) is 6.39. The fourth-order valence-corrected chi connectivity index (χ4v) is 2.80. The molecule has 112 valence electrons. The molecule has 4 heteroatoms. The van der Waals surface area contributed by atoms with Crippen LogP contribution in [-0.4, -0.2) is 55.5 Å². The summed E-state index contributed by atoms with van der Waals surface area (Å²) in [6, 6.07) is 0.685. The molecule has 0 aliphatic heterocycles. The largest absolute Gasteiger partial charge is 0.346 e. The van der Waals surface area contributed by atoms with Crippen LogP contribution < -0.4 is 5.73 Å². The van der Waals surface area contributed by atoms with Gasteiger partial charge >= 0.3 is 0 Å². The summed E-state index contributed by atoms with van der Waals surface area (Å²) < 4.78 is 0. The number of hydrogen-bond donors (Lipinski definition) is 1. The predicted molar refractivity (Wildman–Crippen MR) is 80.0 cm³/mol. The summed E-state index contributed by atoms with van der Waals surface area (Å²) in [5.41, 5.74) is 5.47. The van der Waals surface area contributed by atoms with E-state index in [1.54, 1.807) is 0 Å². The Balaban J connectivity index is 2.24. The maximum atomic E-state index is 12.0. The third-order valence-corrected chi connectivity index (χ3v) is 4.25. The Morgan fingerprint density at radius 2 is 1.74 bits per heavy atom. The second-order valence-electron chi connectivity index (χ2n) is 5.83. The lowest BCUT2D eigenvalue weighted by Gasteiger charge is -2.27. The Bertz CT molecular complexity index is 250. The lowest BCUT2D eigenvalue weighted by molar-refractivity contribution is -0.130. The molecule has 4 nitrogen and oxygen atoms in total. The van der Waals surface area contributed by atoms with Gasteiger partial charge < -0.3 is 15.5 Å². The second kappa shape index (κ2) is 9.32. The number of rotatable bonds is 7. The van der Waals surface area contributed by atoms with Crippen LogP contribution in [-0.2, 0) is 4.79 Å². The predicted octanol–water partition coefficient (Wildman–Crippen LogP) is 1.84. The Hall–Kier alpha value is -0.610. The van der Waals surface area contributed by atoms with Gasteiger partial charge in [-0.05, 0) is 32.9 Å². The van der Waals surface area contributed by atoms with E-state index in [1.807, 2.05) is 11.9 Å². The molecule has 1 amide bonds. The molecule has 0 radical (unpaired) electrons. The molecular formula is C15H31N3O. The van der Waals surface area contributed by atoms with Crippen molar-refractivity contribution in [1.29, 1.82) is 0 Å². The minimum absolute atomic E-state index is 0.244. The van der Waals surface area contributed by atoms with Gasteiger partial charge in [-0.25, -0.2) is 0 Å². The molecule has 0 spiro atoms. The first kappa shape index (κ1) is 16.4. The highest BCUT2D eigenvalue weighted by Crippen LogP contribution is 2.21. The van der Waals surface area contributed by atoms with E-state index in [0.717, 1.165) is 19.5 Å². The van der Waals surface area contributed by atoms with Gasteiger partial charge in [-0.15, -0.1) is 0 Å². The van der Waals surface area contributed by atoms with Gasteiger partial charge in [0.05, 0.1) is 0 Å². The van der Waals surface area contributed by atoms with Crippen molar-refractivity contribution in [2.45, 2.75) is 57.4 Å². The van der Waals surface area contributed by atoms with Crippen LogP contribution in [0, 0.1) is 0 Å². The van der Waals surface area contributed by atoms with Crippen molar-refractivity contribution in [3.8, 4) is 0 Å². The Labute approximate surface area is 118 Å². The maximum Gasteiger partial charge on any atom is 0.223 e. The first-order chi connectivity index (χ1) is 9.15. The number of nitrogens with zero attached hydrogens (tertiary/aromatic N) is 2.